The fourth-order valence-corrected chi connectivity index (χ4v) is 1.06. The number of nitrogens with one attached hydrogen (secondary N) is 1. The highest BCUT2D eigenvalue weighted by atomic mass is 19.1. The normalized spacial score (nSPS) is 12.2. The van der Waals surface area contributed by atoms with Gasteiger partial charge in [-0.25, -0.2) is 4.39 Å². The summed E-state index contributed by atoms with van der Waals surface area (Å²) in [6.45, 7) is 1.72. The van der Waals surface area contributed by atoms with Gasteiger partial charge in [0.05, 0.1) is 17.1 Å². The topological polar surface area (TPSA) is 75.4 Å². The molecule has 0 radical (unpaired) electrons. The van der Waals surface area contributed by atoms with Crippen molar-refractivity contribution in [1.82, 2.24) is 0 Å². The average Bonchev–Trinajstić information content (AvgIpc) is 2.15. The Labute approximate surface area is 85.7 Å². The number of rotatable bonds is 4. The highest BCUT2D eigenvalue weighted by molar-refractivity contribution is 5.61. The second-order valence-electron chi connectivity index (χ2n) is 3.15. The van der Waals surface area contributed by atoms with E-state index in [1.165, 1.54) is 6.07 Å². The molecule has 0 aromatic heterocycles. The molecule has 0 bridgehead atoms. The van der Waals surface area contributed by atoms with Gasteiger partial charge in [0.25, 0.3) is 5.69 Å². The Bertz CT molecular complexity index is 368. The van der Waals surface area contributed by atoms with Crippen LogP contribution in [0.5, 0.6) is 0 Å². The Balaban J connectivity index is 2.91. The Hall–Kier alpha value is -1.69. The smallest absolute Gasteiger partial charge is 0.295 e. The summed E-state index contributed by atoms with van der Waals surface area (Å²) in [4.78, 5) is 9.88. The molecule has 0 amide bonds. The summed E-state index contributed by atoms with van der Waals surface area (Å²) < 4.78 is 12.7. The van der Waals surface area contributed by atoms with E-state index in [9.17, 15) is 14.5 Å². The molecule has 1 aromatic carbocycles. The number of anilines is 1. The van der Waals surface area contributed by atoms with Crippen LogP contribution < -0.4 is 5.32 Å². The Morgan fingerprint density at radius 1 is 1.67 bits per heavy atom. The minimum absolute atomic E-state index is 0.173. The molecule has 0 saturated heterocycles. The van der Waals surface area contributed by atoms with E-state index < -0.39 is 16.8 Å². The van der Waals surface area contributed by atoms with E-state index in [0.717, 1.165) is 12.1 Å². The number of aliphatic hydroxyl groups is 1. The first-order valence-corrected chi connectivity index (χ1v) is 4.36. The Morgan fingerprint density at radius 2 is 2.33 bits per heavy atom. The monoisotopic (exact) mass is 214 g/mol. The minimum atomic E-state index is -0.673. The van der Waals surface area contributed by atoms with Gasteiger partial charge in [-0.15, -0.1) is 0 Å². The second-order valence-corrected chi connectivity index (χ2v) is 3.15. The molecule has 6 heteroatoms. The summed E-state index contributed by atoms with van der Waals surface area (Å²) in [5.41, 5.74) is -0.141. The van der Waals surface area contributed by atoms with Gasteiger partial charge < -0.3 is 10.4 Å². The van der Waals surface area contributed by atoms with Crippen molar-refractivity contribution in [3.8, 4) is 0 Å². The Morgan fingerprint density at radius 3 is 2.87 bits per heavy atom. The predicted molar refractivity (Wildman–Crippen MR) is 53.2 cm³/mol. The summed E-state index contributed by atoms with van der Waals surface area (Å²) in [5, 5.41) is 22.2. The predicted octanol–water partition coefficient (Wildman–Crippen LogP) is 1.53. The maximum absolute atomic E-state index is 12.7. The number of nitrogens with zero attached hydrogens (tertiary/aromatic N) is 1. The van der Waals surface area contributed by atoms with Gasteiger partial charge in [0.2, 0.25) is 0 Å². The number of hydrogen-bond donors (Lipinski definition) is 2. The first-order valence-electron chi connectivity index (χ1n) is 4.36. The standard InChI is InChI=1S/C9H11FN2O3/c1-6(13)5-11-8-3-2-7(10)4-9(8)12(14)15/h2-4,6,11,13H,5H2,1H3. The molecule has 1 aromatic rings. The van der Waals surface area contributed by atoms with Gasteiger partial charge in [0.1, 0.15) is 11.5 Å². The number of benzene rings is 1. The summed E-state index contributed by atoms with van der Waals surface area (Å²) in [6.07, 6.45) is -0.630. The lowest BCUT2D eigenvalue weighted by Gasteiger charge is -2.08. The van der Waals surface area contributed by atoms with Crippen LogP contribution in [0.15, 0.2) is 18.2 Å². The lowest BCUT2D eigenvalue weighted by atomic mass is 10.2. The highest BCUT2D eigenvalue weighted by Crippen LogP contribution is 2.24. The summed E-state index contributed by atoms with van der Waals surface area (Å²) in [5.74, 6) is -0.663. The number of halogens is 1. The quantitative estimate of drug-likeness (QED) is 0.588. The zero-order valence-corrected chi connectivity index (χ0v) is 8.11. The molecule has 0 aliphatic heterocycles. The van der Waals surface area contributed by atoms with Crippen LogP contribution >= 0.6 is 0 Å². The molecule has 15 heavy (non-hydrogen) atoms. The largest absolute Gasteiger partial charge is 0.392 e. The van der Waals surface area contributed by atoms with Crippen molar-refractivity contribution in [2.75, 3.05) is 11.9 Å². The molecule has 0 heterocycles. The first-order chi connectivity index (χ1) is 7.00. The van der Waals surface area contributed by atoms with Crippen LogP contribution in [0.4, 0.5) is 15.8 Å². The van der Waals surface area contributed by atoms with Crippen molar-refractivity contribution in [1.29, 1.82) is 0 Å². The van der Waals surface area contributed by atoms with E-state index in [4.69, 9.17) is 5.11 Å². The summed E-state index contributed by atoms with van der Waals surface area (Å²) >= 11 is 0. The SMILES string of the molecule is CC(O)CNc1ccc(F)cc1[N+](=O)[O-]. The first kappa shape index (κ1) is 11.4. The summed E-state index contributed by atoms with van der Waals surface area (Å²) in [7, 11) is 0. The molecule has 82 valence electrons. The van der Waals surface area contributed by atoms with Gasteiger partial charge in [-0.3, -0.25) is 10.1 Å². The third-order valence-corrected chi connectivity index (χ3v) is 1.74. The molecule has 5 nitrogen and oxygen atoms in total. The van der Waals surface area contributed by atoms with Crippen LogP contribution in [-0.4, -0.2) is 22.7 Å². The van der Waals surface area contributed by atoms with Gasteiger partial charge in [0.15, 0.2) is 0 Å². The van der Waals surface area contributed by atoms with Crippen LogP contribution in [0, 0.1) is 15.9 Å². The van der Waals surface area contributed by atoms with Crippen molar-refractivity contribution < 1.29 is 14.4 Å². The molecule has 1 rings (SSSR count). The van der Waals surface area contributed by atoms with Crippen molar-refractivity contribution in [2.45, 2.75) is 13.0 Å². The van der Waals surface area contributed by atoms with Gasteiger partial charge >= 0.3 is 0 Å². The zero-order chi connectivity index (χ0) is 11.4. The lowest BCUT2D eigenvalue weighted by molar-refractivity contribution is -0.384. The highest BCUT2D eigenvalue weighted by Gasteiger charge is 2.14. The van der Waals surface area contributed by atoms with E-state index >= 15 is 0 Å². The number of nitro groups is 1. The van der Waals surface area contributed by atoms with Gasteiger partial charge in [-0.2, -0.15) is 0 Å². The second kappa shape index (κ2) is 4.70. The van der Waals surface area contributed by atoms with Crippen LogP contribution in [0.25, 0.3) is 0 Å². The van der Waals surface area contributed by atoms with E-state index in [-0.39, 0.29) is 17.9 Å². The van der Waals surface area contributed by atoms with Crippen LogP contribution in [0.2, 0.25) is 0 Å². The molecule has 0 fully saturated rings. The average molecular weight is 214 g/mol. The van der Waals surface area contributed by atoms with E-state index in [0.29, 0.717) is 0 Å². The molecular weight excluding hydrogens is 203 g/mol. The molecular formula is C9H11FN2O3. The number of aliphatic hydroxyl groups excluding tert-OH is 1. The van der Waals surface area contributed by atoms with E-state index in [2.05, 4.69) is 5.32 Å². The number of nitro benzene ring substituents is 1. The van der Waals surface area contributed by atoms with Crippen LogP contribution in [-0.2, 0) is 0 Å². The molecule has 1 atom stereocenters. The van der Waals surface area contributed by atoms with Crippen molar-refractivity contribution in [3.63, 3.8) is 0 Å². The molecule has 2 N–H and O–H groups in total. The number of hydrogen-bond acceptors (Lipinski definition) is 4. The van der Waals surface area contributed by atoms with E-state index in [1.807, 2.05) is 0 Å². The molecule has 0 spiro atoms. The molecule has 0 aliphatic carbocycles. The van der Waals surface area contributed by atoms with Crippen molar-refractivity contribution in [3.05, 3.63) is 34.1 Å². The van der Waals surface area contributed by atoms with Crippen molar-refractivity contribution >= 4 is 11.4 Å². The zero-order valence-electron chi connectivity index (χ0n) is 8.11. The third-order valence-electron chi connectivity index (χ3n) is 1.74. The van der Waals surface area contributed by atoms with Gasteiger partial charge in [-0.05, 0) is 19.1 Å². The maximum Gasteiger partial charge on any atom is 0.295 e. The van der Waals surface area contributed by atoms with Gasteiger partial charge in [0, 0.05) is 6.54 Å². The van der Waals surface area contributed by atoms with Crippen molar-refractivity contribution in [2.24, 2.45) is 0 Å². The molecule has 0 aliphatic rings. The fourth-order valence-electron chi connectivity index (χ4n) is 1.06. The van der Waals surface area contributed by atoms with Gasteiger partial charge in [-0.1, -0.05) is 0 Å². The minimum Gasteiger partial charge on any atom is -0.392 e. The van der Waals surface area contributed by atoms with E-state index in [1.54, 1.807) is 6.92 Å². The van der Waals surface area contributed by atoms with Crippen LogP contribution in [0.3, 0.4) is 0 Å². The Kier molecular flexibility index (Phi) is 3.56. The molecule has 0 saturated carbocycles. The summed E-state index contributed by atoms with van der Waals surface area (Å²) in [6, 6.07) is 3.23. The lowest BCUT2D eigenvalue weighted by Crippen LogP contribution is -2.16. The molecule has 1 unspecified atom stereocenters. The fraction of sp³-hybridized carbons (Fsp3) is 0.333. The third kappa shape index (κ3) is 3.17. The maximum atomic E-state index is 12.7. The van der Waals surface area contributed by atoms with Crippen LogP contribution in [0.1, 0.15) is 6.92 Å².